The molecule has 7 heteroatoms. The Labute approximate surface area is 169 Å². The summed E-state index contributed by atoms with van der Waals surface area (Å²) in [6, 6.07) is 13.8. The Kier molecular flexibility index (Phi) is 6.49. The minimum atomic E-state index is -0.988. The highest BCUT2D eigenvalue weighted by Gasteiger charge is 2.24. The molecule has 0 atom stereocenters. The third kappa shape index (κ3) is 5.34. The van der Waals surface area contributed by atoms with Gasteiger partial charge in [-0.2, -0.15) is 0 Å². The van der Waals surface area contributed by atoms with E-state index in [1.54, 1.807) is 29.0 Å². The third-order valence-corrected chi connectivity index (χ3v) is 5.03. The van der Waals surface area contributed by atoms with Gasteiger partial charge in [0.05, 0.1) is 25.5 Å². The molecule has 0 aromatic heterocycles. The number of ether oxygens (including phenoxy) is 1. The van der Waals surface area contributed by atoms with Gasteiger partial charge in [0.25, 0.3) is 0 Å². The Morgan fingerprint density at radius 2 is 1.41 bits per heavy atom. The van der Waals surface area contributed by atoms with Crippen molar-refractivity contribution in [3.05, 3.63) is 65.2 Å². The number of carboxylic acids is 1. The maximum absolute atomic E-state index is 12.6. The van der Waals surface area contributed by atoms with Crippen molar-refractivity contribution in [1.29, 1.82) is 0 Å². The number of carboxylic acid groups (broad SMARTS) is 1. The van der Waals surface area contributed by atoms with Crippen LogP contribution in [0.15, 0.2) is 48.5 Å². The molecule has 1 N–H and O–H groups in total. The number of methoxy groups -OCH3 is 1. The molecule has 1 aliphatic rings. The second-order valence-corrected chi connectivity index (χ2v) is 6.97. The first kappa shape index (κ1) is 20.4. The van der Waals surface area contributed by atoms with E-state index < -0.39 is 5.97 Å². The van der Waals surface area contributed by atoms with E-state index in [1.165, 1.54) is 12.1 Å². The van der Waals surface area contributed by atoms with E-state index in [4.69, 9.17) is 9.84 Å². The van der Waals surface area contributed by atoms with Crippen LogP contribution < -0.4 is 4.74 Å². The van der Waals surface area contributed by atoms with Crippen molar-refractivity contribution in [2.24, 2.45) is 0 Å². The molecule has 1 fully saturated rings. The average Bonchev–Trinajstić information content (AvgIpc) is 2.74. The third-order valence-electron chi connectivity index (χ3n) is 5.03. The number of hydrogen-bond donors (Lipinski definition) is 1. The van der Waals surface area contributed by atoms with Gasteiger partial charge in [-0.1, -0.05) is 24.3 Å². The number of rotatable bonds is 6. The van der Waals surface area contributed by atoms with Crippen LogP contribution in [0.3, 0.4) is 0 Å². The minimum absolute atomic E-state index is 0.0204. The van der Waals surface area contributed by atoms with E-state index in [9.17, 15) is 14.4 Å². The Hall–Kier alpha value is -3.35. The normalized spacial score (nSPS) is 13.8. The fourth-order valence-corrected chi connectivity index (χ4v) is 3.33. The van der Waals surface area contributed by atoms with Gasteiger partial charge in [0.2, 0.25) is 11.8 Å². The van der Waals surface area contributed by atoms with Crippen LogP contribution >= 0.6 is 0 Å². The number of aromatic carboxylic acids is 1. The van der Waals surface area contributed by atoms with Gasteiger partial charge in [-0.3, -0.25) is 9.59 Å². The highest BCUT2D eigenvalue weighted by atomic mass is 16.5. The van der Waals surface area contributed by atoms with E-state index in [1.807, 2.05) is 24.3 Å². The number of carbonyl (C=O) groups is 3. The van der Waals surface area contributed by atoms with Crippen molar-refractivity contribution < 1.29 is 24.2 Å². The molecule has 29 heavy (non-hydrogen) atoms. The van der Waals surface area contributed by atoms with E-state index in [2.05, 4.69) is 0 Å². The second-order valence-electron chi connectivity index (χ2n) is 6.97. The first-order chi connectivity index (χ1) is 14.0. The van der Waals surface area contributed by atoms with E-state index in [-0.39, 0.29) is 23.8 Å². The fraction of sp³-hybridized carbons (Fsp3) is 0.318. The highest BCUT2D eigenvalue weighted by Crippen LogP contribution is 2.15. The van der Waals surface area contributed by atoms with Crippen molar-refractivity contribution in [3.63, 3.8) is 0 Å². The summed E-state index contributed by atoms with van der Waals surface area (Å²) >= 11 is 0. The van der Waals surface area contributed by atoms with Crippen LogP contribution in [0.1, 0.15) is 21.5 Å². The summed E-state index contributed by atoms with van der Waals surface area (Å²) in [5.41, 5.74) is 1.87. The van der Waals surface area contributed by atoms with Crippen LogP contribution in [0.2, 0.25) is 0 Å². The van der Waals surface area contributed by atoms with Gasteiger partial charge >= 0.3 is 5.97 Å². The molecule has 0 saturated carbocycles. The molecule has 1 heterocycles. The molecule has 2 aromatic carbocycles. The molecule has 3 rings (SSSR count). The fourth-order valence-electron chi connectivity index (χ4n) is 3.33. The highest BCUT2D eigenvalue weighted by molar-refractivity contribution is 5.88. The molecular weight excluding hydrogens is 372 g/mol. The molecule has 0 bridgehead atoms. The maximum atomic E-state index is 12.6. The summed E-state index contributed by atoms with van der Waals surface area (Å²) in [5, 5.41) is 8.94. The number of amides is 2. The molecule has 152 valence electrons. The number of hydrogen-bond acceptors (Lipinski definition) is 4. The van der Waals surface area contributed by atoms with Crippen molar-refractivity contribution in [1.82, 2.24) is 9.80 Å². The molecule has 1 aliphatic heterocycles. The van der Waals surface area contributed by atoms with Crippen LogP contribution in [0.4, 0.5) is 0 Å². The molecule has 0 spiro atoms. The van der Waals surface area contributed by atoms with Gasteiger partial charge in [0, 0.05) is 26.2 Å². The Bertz CT molecular complexity index is 886. The average molecular weight is 396 g/mol. The summed E-state index contributed by atoms with van der Waals surface area (Å²) in [4.78, 5) is 39.5. The van der Waals surface area contributed by atoms with Crippen LogP contribution in [0.5, 0.6) is 5.75 Å². The quantitative estimate of drug-likeness (QED) is 0.805. The summed E-state index contributed by atoms with van der Waals surface area (Å²) < 4.78 is 5.19. The van der Waals surface area contributed by atoms with Gasteiger partial charge < -0.3 is 19.6 Å². The molecule has 0 unspecified atom stereocenters. The Morgan fingerprint density at radius 3 is 1.93 bits per heavy atom. The van der Waals surface area contributed by atoms with Crippen LogP contribution in [0, 0.1) is 0 Å². The zero-order valence-electron chi connectivity index (χ0n) is 16.3. The van der Waals surface area contributed by atoms with Crippen molar-refractivity contribution in [3.8, 4) is 5.75 Å². The lowest BCUT2D eigenvalue weighted by atomic mass is 10.1. The van der Waals surface area contributed by atoms with Crippen molar-refractivity contribution in [2.45, 2.75) is 12.8 Å². The predicted molar refractivity (Wildman–Crippen MR) is 107 cm³/mol. The summed E-state index contributed by atoms with van der Waals surface area (Å²) in [6.45, 7) is 2.00. The molecule has 2 amide bonds. The Morgan fingerprint density at radius 1 is 0.862 bits per heavy atom. The molecule has 0 aliphatic carbocycles. The van der Waals surface area contributed by atoms with Crippen LogP contribution in [-0.2, 0) is 22.4 Å². The number of nitrogens with zero attached hydrogens (tertiary/aromatic N) is 2. The van der Waals surface area contributed by atoms with E-state index in [0.717, 1.165) is 16.9 Å². The smallest absolute Gasteiger partial charge is 0.335 e. The predicted octanol–water partition coefficient (Wildman–Crippen LogP) is 1.85. The zero-order valence-corrected chi connectivity index (χ0v) is 16.3. The minimum Gasteiger partial charge on any atom is -0.497 e. The maximum Gasteiger partial charge on any atom is 0.335 e. The van der Waals surface area contributed by atoms with Crippen LogP contribution in [0.25, 0.3) is 0 Å². The number of piperazine rings is 1. The largest absolute Gasteiger partial charge is 0.497 e. The van der Waals surface area contributed by atoms with Crippen LogP contribution in [-0.4, -0.2) is 66.0 Å². The van der Waals surface area contributed by atoms with E-state index in [0.29, 0.717) is 32.6 Å². The standard InChI is InChI=1S/C22H24N2O5/c1-29-19-4-2-3-17(13-19)15-21(26)24-11-9-23(10-12-24)20(25)14-16-5-7-18(8-6-16)22(27)28/h2-8,13H,9-12,14-15H2,1H3,(H,27,28). The van der Waals surface area contributed by atoms with E-state index >= 15 is 0 Å². The SMILES string of the molecule is COc1cccc(CC(=O)N2CCN(C(=O)Cc3ccc(C(=O)O)cc3)CC2)c1. The second kappa shape index (κ2) is 9.23. The van der Waals surface area contributed by atoms with Gasteiger partial charge in [-0.15, -0.1) is 0 Å². The van der Waals surface area contributed by atoms with Gasteiger partial charge in [0.15, 0.2) is 0 Å². The molecular formula is C22H24N2O5. The van der Waals surface area contributed by atoms with Gasteiger partial charge in [-0.25, -0.2) is 4.79 Å². The lowest BCUT2D eigenvalue weighted by Crippen LogP contribution is -2.51. The molecule has 2 aromatic rings. The monoisotopic (exact) mass is 396 g/mol. The molecule has 1 saturated heterocycles. The molecule has 7 nitrogen and oxygen atoms in total. The lowest BCUT2D eigenvalue weighted by Gasteiger charge is -2.35. The molecule has 0 radical (unpaired) electrons. The number of carbonyl (C=O) groups excluding carboxylic acids is 2. The Balaban J connectivity index is 1.49. The summed E-state index contributed by atoms with van der Waals surface area (Å²) in [6.07, 6.45) is 0.527. The zero-order chi connectivity index (χ0) is 20.8. The summed E-state index contributed by atoms with van der Waals surface area (Å²) in [5.74, 6) is -0.248. The summed E-state index contributed by atoms with van der Waals surface area (Å²) in [7, 11) is 1.59. The van der Waals surface area contributed by atoms with Gasteiger partial charge in [0.1, 0.15) is 5.75 Å². The number of benzene rings is 2. The van der Waals surface area contributed by atoms with Crippen molar-refractivity contribution >= 4 is 17.8 Å². The van der Waals surface area contributed by atoms with Crippen molar-refractivity contribution in [2.75, 3.05) is 33.3 Å². The topological polar surface area (TPSA) is 87.2 Å². The lowest BCUT2D eigenvalue weighted by molar-refractivity contribution is -0.138. The first-order valence-electron chi connectivity index (χ1n) is 9.47. The first-order valence-corrected chi connectivity index (χ1v) is 9.47. The van der Waals surface area contributed by atoms with Gasteiger partial charge in [-0.05, 0) is 35.4 Å².